The minimum absolute atomic E-state index is 0.185. The topological polar surface area (TPSA) is 220 Å². The summed E-state index contributed by atoms with van der Waals surface area (Å²) >= 11 is 0. The Balaban J connectivity index is 0.000000125. The summed E-state index contributed by atoms with van der Waals surface area (Å²) in [6, 6.07) is 47.9. The maximum atomic E-state index is 13.2. The monoisotopic (exact) mass is 1610 g/mol. The van der Waals surface area contributed by atoms with Crippen LogP contribution in [0.4, 0.5) is 17.6 Å². The van der Waals surface area contributed by atoms with E-state index in [-0.39, 0.29) is 59.0 Å². The molecular formula is C100H100F4N12O4. The molecule has 16 nitrogen and oxygen atoms in total. The van der Waals surface area contributed by atoms with Gasteiger partial charge in [0.05, 0.1) is 45.9 Å². The summed E-state index contributed by atoms with van der Waals surface area (Å²) in [4.78, 5) is 87.9. The van der Waals surface area contributed by atoms with Crippen molar-refractivity contribution >= 4 is 23.6 Å². The lowest BCUT2D eigenvalue weighted by molar-refractivity contribution is 0.0921. The first kappa shape index (κ1) is 82.8. The molecule has 0 saturated heterocycles. The van der Waals surface area contributed by atoms with E-state index in [4.69, 9.17) is 19.9 Å². The summed E-state index contributed by atoms with van der Waals surface area (Å²) in [6.45, 7) is 12.3. The van der Waals surface area contributed by atoms with E-state index >= 15 is 0 Å². The predicted molar refractivity (Wildman–Crippen MR) is 455 cm³/mol. The van der Waals surface area contributed by atoms with Gasteiger partial charge in [0, 0.05) is 118 Å². The Hall–Kier alpha value is -12.3. The van der Waals surface area contributed by atoms with Crippen LogP contribution < -0.4 is 21.3 Å². The van der Waals surface area contributed by atoms with Gasteiger partial charge in [-0.2, -0.15) is 0 Å². The van der Waals surface area contributed by atoms with Gasteiger partial charge in [-0.05, 0) is 331 Å². The molecule has 6 unspecified atom stereocenters. The summed E-state index contributed by atoms with van der Waals surface area (Å²) in [5, 5.41) is 12.4. The third kappa shape index (κ3) is 19.5. The molecule has 4 aromatic carbocycles. The first-order chi connectivity index (χ1) is 58.2. The van der Waals surface area contributed by atoms with Crippen LogP contribution in [-0.4, -0.2) is 63.5 Å². The molecule has 12 aromatic rings. The molecule has 2 fully saturated rings. The van der Waals surface area contributed by atoms with Crippen LogP contribution in [0, 0.1) is 51.0 Å². The zero-order valence-corrected chi connectivity index (χ0v) is 68.7. The largest absolute Gasteiger partial charge is 0.344 e. The van der Waals surface area contributed by atoms with Gasteiger partial charge < -0.3 is 21.3 Å². The minimum atomic E-state index is -0.404. The van der Waals surface area contributed by atoms with Gasteiger partial charge in [-0.25, -0.2) is 17.6 Å². The maximum absolute atomic E-state index is 13.2. The number of aromatic nitrogens is 8. The molecule has 120 heavy (non-hydrogen) atoms. The van der Waals surface area contributed by atoms with Gasteiger partial charge in [0.1, 0.15) is 23.3 Å². The van der Waals surface area contributed by atoms with Crippen LogP contribution in [0.5, 0.6) is 0 Å². The minimum Gasteiger partial charge on any atom is -0.344 e. The van der Waals surface area contributed by atoms with Crippen molar-refractivity contribution in [3.8, 4) is 0 Å². The highest BCUT2D eigenvalue weighted by Gasteiger charge is 2.49. The Morgan fingerprint density at radius 1 is 0.342 bits per heavy atom. The lowest BCUT2D eigenvalue weighted by Gasteiger charge is -2.27. The van der Waals surface area contributed by atoms with Crippen molar-refractivity contribution in [2.45, 2.75) is 204 Å². The van der Waals surface area contributed by atoms with E-state index in [2.05, 4.69) is 130 Å². The molecule has 6 aliphatic rings. The number of fused-ring (bicyclic) bond motifs is 4. The van der Waals surface area contributed by atoms with Crippen molar-refractivity contribution in [2.24, 2.45) is 0 Å². The molecule has 0 bridgehead atoms. The van der Waals surface area contributed by atoms with Gasteiger partial charge in [-0.3, -0.25) is 59.0 Å². The quantitative estimate of drug-likeness (QED) is 0.0590. The van der Waals surface area contributed by atoms with E-state index in [1.165, 1.54) is 164 Å². The molecule has 0 spiro atoms. The molecule has 0 radical (unpaired) electrons. The number of benzene rings is 4. The number of rotatable bonds is 18. The van der Waals surface area contributed by atoms with E-state index in [0.29, 0.717) is 45.9 Å². The van der Waals surface area contributed by atoms with Gasteiger partial charge in [0.25, 0.3) is 23.6 Å². The van der Waals surface area contributed by atoms with Crippen molar-refractivity contribution in [3.63, 3.8) is 0 Å². The zero-order chi connectivity index (χ0) is 83.6. The van der Waals surface area contributed by atoms with Crippen LogP contribution in [0.2, 0.25) is 0 Å². The van der Waals surface area contributed by atoms with Crippen LogP contribution in [0.1, 0.15) is 293 Å². The molecule has 6 aliphatic carbocycles. The first-order valence-corrected chi connectivity index (χ1v) is 42.1. The summed E-state index contributed by atoms with van der Waals surface area (Å²) in [5.41, 5.74) is 23.8. The second-order valence-corrected chi connectivity index (χ2v) is 32.9. The highest BCUT2D eigenvalue weighted by atomic mass is 19.1. The second kappa shape index (κ2) is 36.9. The highest BCUT2D eigenvalue weighted by molar-refractivity contribution is 5.96. The molecular weight excluding hydrogens is 1510 g/mol. The molecule has 4 amide bonds. The van der Waals surface area contributed by atoms with Crippen LogP contribution in [0.15, 0.2) is 219 Å². The van der Waals surface area contributed by atoms with Gasteiger partial charge in [-0.1, -0.05) is 62.4 Å². The normalized spacial score (nSPS) is 17.8. The van der Waals surface area contributed by atoms with Gasteiger partial charge in [0.2, 0.25) is 0 Å². The average Bonchev–Trinajstić information content (AvgIpc) is 1.59. The van der Waals surface area contributed by atoms with Crippen molar-refractivity contribution in [2.75, 3.05) is 0 Å². The number of carbonyl (C=O) groups excluding carboxylic acids is 4. The summed E-state index contributed by atoms with van der Waals surface area (Å²) in [6.07, 6.45) is 32.9. The number of carbonyl (C=O) groups is 4. The summed E-state index contributed by atoms with van der Waals surface area (Å²) < 4.78 is 52.6. The summed E-state index contributed by atoms with van der Waals surface area (Å²) in [7, 11) is 0. The molecule has 20 heteroatoms. The van der Waals surface area contributed by atoms with Gasteiger partial charge in [-0.15, -0.1) is 0 Å². The lowest BCUT2D eigenvalue weighted by atomic mass is 9.81. The third-order valence-electron chi connectivity index (χ3n) is 24.2. The zero-order valence-electron chi connectivity index (χ0n) is 68.7. The predicted octanol–water partition coefficient (Wildman–Crippen LogP) is 20.2. The van der Waals surface area contributed by atoms with E-state index in [1.54, 1.807) is 0 Å². The number of hydrogen-bond acceptors (Lipinski definition) is 12. The summed E-state index contributed by atoms with van der Waals surface area (Å²) in [5.74, 6) is -0.917. The maximum Gasteiger partial charge on any atom is 0.252 e. The van der Waals surface area contributed by atoms with E-state index in [1.807, 2.05) is 75.6 Å². The molecule has 6 atom stereocenters. The molecule has 8 aromatic heterocycles. The Morgan fingerprint density at radius 2 is 0.600 bits per heavy atom. The fraction of sp³-hybridized carbons (Fsp3) is 0.320. The smallest absolute Gasteiger partial charge is 0.252 e. The van der Waals surface area contributed by atoms with Crippen molar-refractivity contribution in [1.29, 1.82) is 0 Å². The van der Waals surface area contributed by atoms with Crippen molar-refractivity contribution in [3.05, 3.63) is 377 Å². The van der Waals surface area contributed by atoms with Crippen LogP contribution in [0.25, 0.3) is 0 Å². The molecule has 8 heterocycles. The Morgan fingerprint density at radius 3 is 0.858 bits per heavy atom. The fourth-order valence-electron chi connectivity index (χ4n) is 17.4. The van der Waals surface area contributed by atoms with Crippen molar-refractivity contribution < 1.29 is 36.7 Å². The number of nitrogens with zero attached hydrogens (tertiary/aromatic N) is 8. The molecule has 2 saturated carbocycles. The third-order valence-corrected chi connectivity index (χ3v) is 24.2. The molecule has 0 aliphatic heterocycles. The SMILES string of the molecule is CCC(NC(=O)c1ccc(F)cc1)c1ccc2c(n1)CCCC2c1cncc(C)c1.CCC(NC(=O)c1ccc(F)cc1)c1ccc2c(n1)CCCC2c1cncc(C)c1.Cc1cncc(C2CCCc3nc(C4(NC(=O)c5ccc(F)cc5)CC4)ccc32)c1.Cc1cncc(C2CCCc3nc(C4(NC(=O)c5ccc(F)cc5)CC4)ccc32)c1. The van der Waals surface area contributed by atoms with E-state index < -0.39 is 11.1 Å². The number of halogens is 4. The Bertz CT molecular complexity index is 5360. The standard InChI is InChI=1S/2C25H24FN3O.2C25H26FN3O/c2*1-16-13-18(15-27-14-16)20-3-2-4-22-21(20)9-10-23(28-22)25(11-12-25)29-24(30)17-5-7-19(26)8-6-17;2*1-3-22(29-25(30)17-7-9-19(26)10-8-17)24-12-11-21-20(5-4-6-23(21)28-24)18-13-16(2)14-27-15-18/h2*5-10,13-15,20H,2-4,11-12H2,1H3,(H,29,30);2*7-15,20,22H,3-6H2,1-2H3,(H,29,30). The Labute approximate surface area is 698 Å². The Kier molecular flexibility index (Phi) is 25.5. The fourth-order valence-corrected chi connectivity index (χ4v) is 17.4. The van der Waals surface area contributed by atoms with Crippen molar-refractivity contribution in [1.82, 2.24) is 61.1 Å². The molecule has 4 N–H and O–H groups in total. The number of pyridine rings is 8. The molecule has 612 valence electrons. The average molecular weight is 1610 g/mol. The van der Waals surface area contributed by atoms with Crippen LogP contribution >= 0.6 is 0 Å². The first-order valence-electron chi connectivity index (χ1n) is 42.1. The number of hydrogen-bond donors (Lipinski definition) is 4. The number of aryl methyl sites for hydroxylation is 8. The van der Waals surface area contributed by atoms with Gasteiger partial charge in [0.15, 0.2) is 0 Å². The van der Waals surface area contributed by atoms with Crippen LogP contribution in [0.3, 0.4) is 0 Å². The van der Waals surface area contributed by atoms with Crippen LogP contribution in [-0.2, 0) is 36.8 Å². The number of amides is 4. The lowest BCUT2D eigenvalue weighted by Crippen LogP contribution is -2.36. The number of nitrogens with one attached hydrogen (secondary N) is 4. The van der Waals surface area contributed by atoms with E-state index in [0.717, 1.165) is 161 Å². The van der Waals surface area contributed by atoms with E-state index in [9.17, 15) is 36.7 Å². The molecule has 18 rings (SSSR count). The van der Waals surface area contributed by atoms with Gasteiger partial charge >= 0.3 is 0 Å². The second-order valence-electron chi connectivity index (χ2n) is 32.9. The highest BCUT2D eigenvalue weighted by Crippen LogP contribution is 2.49.